The zero-order valence-electron chi connectivity index (χ0n) is 6.92. The molecular weight excluding hydrogens is 236 g/mol. The Labute approximate surface area is 84.0 Å². The molecule has 1 amide bonds. The van der Waals surface area contributed by atoms with Crippen molar-refractivity contribution in [2.75, 3.05) is 13.2 Å². The monoisotopic (exact) mass is 244 g/mol. The van der Waals surface area contributed by atoms with Crippen LogP contribution in [0.1, 0.15) is 5.56 Å². The predicted molar refractivity (Wildman–Crippen MR) is 50.3 cm³/mol. The first-order valence-corrected chi connectivity index (χ1v) is 4.79. The van der Waals surface area contributed by atoms with Crippen molar-refractivity contribution >= 4 is 22.0 Å². The standard InChI is InChI=1S/C8H9BrN2O2/c9-7-3-6(4-10-7)5-11-1-2-13-8(11)12/h3-4,10H,1-2,5H2. The molecular formula is C8H9BrN2O2. The molecule has 0 unspecified atom stereocenters. The summed E-state index contributed by atoms with van der Waals surface area (Å²) >= 11 is 3.31. The van der Waals surface area contributed by atoms with Crippen LogP contribution in [0.25, 0.3) is 0 Å². The van der Waals surface area contributed by atoms with Gasteiger partial charge < -0.3 is 14.6 Å². The number of halogens is 1. The number of hydrogen-bond donors (Lipinski definition) is 1. The van der Waals surface area contributed by atoms with Crippen molar-refractivity contribution in [1.82, 2.24) is 9.88 Å². The molecule has 0 spiro atoms. The predicted octanol–water partition coefficient (Wildman–Crippen LogP) is 1.73. The highest BCUT2D eigenvalue weighted by atomic mass is 79.9. The zero-order valence-corrected chi connectivity index (χ0v) is 8.50. The lowest BCUT2D eigenvalue weighted by Gasteiger charge is -2.10. The van der Waals surface area contributed by atoms with E-state index in [2.05, 4.69) is 20.9 Å². The molecule has 13 heavy (non-hydrogen) atoms. The van der Waals surface area contributed by atoms with Crippen LogP contribution in [0.2, 0.25) is 0 Å². The molecule has 1 aliphatic heterocycles. The second-order valence-electron chi connectivity index (χ2n) is 2.89. The minimum absolute atomic E-state index is 0.225. The van der Waals surface area contributed by atoms with E-state index in [1.807, 2.05) is 12.3 Å². The number of carbonyl (C=O) groups excluding carboxylic acids is 1. The molecule has 1 aromatic heterocycles. The molecule has 0 radical (unpaired) electrons. The Kier molecular flexibility index (Phi) is 2.26. The van der Waals surface area contributed by atoms with E-state index in [-0.39, 0.29) is 6.09 Å². The van der Waals surface area contributed by atoms with Crippen molar-refractivity contribution in [2.24, 2.45) is 0 Å². The summed E-state index contributed by atoms with van der Waals surface area (Å²) in [5, 5.41) is 0. The molecule has 5 heteroatoms. The Morgan fingerprint density at radius 2 is 2.54 bits per heavy atom. The second-order valence-corrected chi connectivity index (χ2v) is 3.75. The summed E-state index contributed by atoms with van der Waals surface area (Å²) in [5.41, 5.74) is 1.07. The van der Waals surface area contributed by atoms with Crippen molar-refractivity contribution < 1.29 is 9.53 Å². The fourth-order valence-corrected chi connectivity index (χ4v) is 1.70. The summed E-state index contributed by atoms with van der Waals surface area (Å²) < 4.78 is 5.74. The van der Waals surface area contributed by atoms with Crippen LogP contribution < -0.4 is 0 Å². The highest BCUT2D eigenvalue weighted by Crippen LogP contribution is 2.14. The van der Waals surface area contributed by atoms with Gasteiger partial charge >= 0.3 is 6.09 Å². The largest absolute Gasteiger partial charge is 0.448 e. The fraction of sp³-hybridized carbons (Fsp3) is 0.375. The Morgan fingerprint density at radius 3 is 3.08 bits per heavy atom. The number of nitrogens with zero attached hydrogens (tertiary/aromatic N) is 1. The summed E-state index contributed by atoms with van der Waals surface area (Å²) in [6.07, 6.45) is 1.65. The summed E-state index contributed by atoms with van der Waals surface area (Å²) in [6, 6.07) is 1.95. The van der Waals surface area contributed by atoms with Gasteiger partial charge in [-0.25, -0.2) is 4.79 Å². The molecule has 0 atom stereocenters. The number of H-pyrrole nitrogens is 1. The average Bonchev–Trinajstić information content (AvgIpc) is 2.64. The lowest BCUT2D eigenvalue weighted by molar-refractivity contribution is 0.157. The van der Waals surface area contributed by atoms with E-state index in [9.17, 15) is 4.79 Å². The van der Waals surface area contributed by atoms with Crippen molar-refractivity contribution in [3.8, 4) is 0 Å². The molecule has 1 fully saturated rings. The molecule has 70 valence electrons. The molecule has 0 aliphatic carbocycles. The van der Waals surface area contributed by atoms with Gasteiger partial charge in [0.15, 0.2) is 0 Å². The van der Waals surface area contributed by atoms with Gasteiger partial charge in [0, 0.05) is 6.20 Å². The maximum absolute atomic E-state index is 11.1. The Balaban J connectivity index is 2.01. The molecule has 4 nitrogen and oxygen atoms in total. The zero-order chi connectivity index (χ0) is 9.26. The Hall–Kier alpha value is -0.970. The summed E-state index contributed by atoms with van der Waals surface area (Å²) in [4.78, 5) is 15.7. The third-order valence-corrected chi connectivity index (χ3v) is 2.38. The lowest BCUT2D eigenvalue weighted by atomic mass is 10.3. The van der Waals surface area contributed by atoms with Crippen LogP contribution in [0.3, 0.4) is 0 Å². The molecule has 2 rings (SSSR count). The number of aromatic amines is 1. The van der Waals surface area contributed by atoms with E-state index < -0.39 is 0 Å². The van der Waals surface area contributed by atoms with Gasteiger partial charge in [0.25, 0.3) is 0 Å². The third-order valence-electron chi connectivity index (χ3n) is 1.93. The topological polar surface area (TPSA) is 45.3 Å². The number of hydrogen-bond acceptors (Lipinski definition) is 2. The van der Waals surface area contributed by atoms with Crippen LogP contribution in [-0.2, 0) is 11.3 Å². The molecule has 1 saturated heterocycles. The van der Waals surface area contributed by atoms with E-state index in [1.54, 1.807) is 4.90 Å². The van der Waals surface area contributed by atoms with E-state index in [4.69, 9.17) is 4.74 Å². The highest BCUT2D eigenvalue weighted by molar-refractivity contribution is 9.10. The van der Waals surface area contributed by atoms with Crippen LogP contribution in [0.5, 0.6) is 0 Å². The van der Waals surface area contributed by atoms with E-state index in [0.717, 1.165) is 10.2 Å². The van der Waals surface area contributed by atoms with E-state index in [1.165, 1.54) is 0 Å². The summed E-state index contributed by atoms with van der Waals surface area (Å²) in [6.45, 7) is 1.80. The number of ether oxygens (including phenoxy) is 1. The van der Waals surface area contributed by atoms with Crippen LogP contribution in [-0.4, -0.2) is 29.1 Å². The highest BCUT2D eigenvalue weighted by Gasteiger charge is 2.21. The minimum Gasteiger partial charge on any atom is -0.448 e. The van der Waals surface area contributed by atoms with Crippen molar-refractivity contribution in [1.29, 1.82) is 0 Å². The number of rotatable bonds is 2. The number of cyclic esters (lactones) is 1. The van der Waals surface area contributed by atoms with Crippen LogP contribution in [0.4, 0.5) is 4.79 Å². The maximum atomic E-state index is 11.1. The van der Waals surface area contributed by atoms with Crippen LogP contribution in [0, 0.1) is 0 Å². The second kappa shape index (κ2) is 3.41. The first kappa shape index (κ1) is 8.62. The Bertz CT molecular complexity index is 324. The molecule has 1 N–H and O–H groups in total. The van der Waals surface area contributed by atoms with Crippen molar-refractivity contribution in [3.63, 3.8) is 0 Å². The molecule has 1 aliphatic rings. The van der Waals surface area contributed by atoms with Gasteiger partial charge in [0.2, 0.25) is 0 Å². The lowest BCUT2D eigenvalue weighted by Crippen LogP contribution is -2.23. The normalized spacial score (nSPS) is 16.4. The first-order valence-electron chi connectivity index (χ1n) is 4.00. The third kappa shape index (κ3) is 1.85. The average molecular weight is 245 g/mol. The summed E-state index contributed by atoms with van der Waals surface area (Å²) in [5.74, 6) is 0. The maximum Gasteiger partial charge on any atom is 0.410 e. The smallest absolute Gasteiger partial charge is 0.410 e. The van der Waals surface area contributed by atoms with E-state index >= 15 is 0 Å². The molecule has 0 bridgehead atoms. The van der Waals surface area contributed by atoms with Gasteiger partial charge in [-0.1, -0.05) is 0 Å². The van der Waals surface area contributed by atoms with Gasteiger partial charge in [-0.05, 0) is 27.6 Å². The van der Waals surface area contributed by atoms with Gasteiger partial charge in [0.05, 0.1) is 17.7 Å². The van der Waals surface area contributed by atoms with Crippen LogP contribution >= 0.6 is 15.9 Å². The minimum atomic E-state index is -0.225. The van der Waals surface area contributed by atoms with Crippen molar-refractivity contribution in [3.05, 3.63) is 22.4 Å². The van der Waals surface area contributed by atoms with Gasteiger partial charge in [0.1, 0.15) is 6.61 Å². The quantitative estimate of drug-likeness (QED) is 0.862. The Morgan fingerprint density at radius 1 is 1.69 bits per heavy atom. The first-order chi connectivity index (χ1) is 6.25. The number of nitrogens with one attached hydrogen (secondary N) is 1. The van der Waals surface area contributed by atoms with Gasteiger partial charge in [-0.2, -0.15) is 0 Å². The van der Waals surface area contributed by atoms with Crippen LogP contribution in [0.15, 0.2) is 16.9 Å². The SMILES string of the molecule is O=C1OCCN1Cc1c[nH]c(Br)c1. The van der Waals surface area contributed by atoms with Gasteiger partial charge in [-0.15, -0.1) is 0 Å². The number of amides is 1. The van der Waals surface area contributed by atoms with E-state index in [0.29, 0.717) is 19.7 Å². The fourth-order valence-electron chi connectivity index (χ4n) is 1.29. The number of carbonyl (C=O) groups is 1. The molecule has 0 saturated carbocycles. The molecule has 1 aromatic rings. The summed E-state index contributed by atoms with van der Waals surface area (Å²) in [7, 11) is 0. The van der Waals surface area contributed by atoms with Gasteiger partial charge in [-0.3, -0.25) is 0 Å². The molecule has 0 aromatic carbocycles. The number of aromatic nitrogens is 1. The molecule has 2 heterocycles. The van der Waals surface area contributed by atoms with Crippen molar-refractivity contribution in [2.45, 2.75) is 6.54 Å².